The molecule has 0 aliphatic carbocycles. The molecular formula is C11H17ClN2O3S. The van der Waals surface area contributed by atoms with Gasteiger partial charge in [0, 0.05) is 19.2 Å². The summed E-state index contributed by atoms with van der Waals surface area (Å²) in [4.78, 5) is 1.95. The third-order valence-corrected chi connectivity index (χ3v) is 4.22. The smallest absolute Gasteiger partial charge is 0.242 e. The van der Waals surface area contributed by atoms with Crippen LogP contribution in [0.1, 0.15) is 0 Å². The molecule has 5 nitrogen and oxygen atoms in total. The Morgan fingerprint density at radius 2 is 2.06 bits per heavy atom. The first-order valence-electron chi connectivity index (χ1n) is 5.35. The number of methoxy groups -OCH3 is 1. The molecule has 1 rings (SSSR count). The SMILES string of the molecule is COc1ccc(S(=O)(=O)NCCN(C)C)c(Cl)c1. The summed E-state index contributed by atoms with van der Waals surface area (Å²) in [5.74, 6) is 0.521. The van der Waals surface area contributed by atoms with Crippen molar-refractivity contribution in [1.82, 2.24) is 9.62 Å². The average Bonchev–Trinajstić information content (AvgIpc) is 2.27. The highest BCUT2D eigenvalue weighted by molar-refractivity contribution is 7.89. The first kappa shape index (κ1) is 15.2. The molecule has 7 heteroatoms. The van der Waals surface area contributed by atoms with E-state index < -0.39 is 10.0 Å². The van der Waals surface area contributed by atoms with E-state index in [0.717, 1.165) is 0 Å². The van der Waals surface area contributed by atoms with Gasteiger partial charge in [0.2, 0.25) is 10.0 Å². The van der Waals surface area contributed by atoms with E-state index in [9.17, 15) is 8.42 Å². The van der Waals surface area contributed by atoms with E-state index in [1.165, 1.54) is 19.2 Å². The Balaban J connectivity index is 2.85. The maximum atomic E-state index is 12.0. The summed E-state index contributed by atoms with van der Waals surface area (Å²) in [7, 11) is 1.66. The van der Waals surface area contributed by atoms with Crippen molar-refractivity contribution < 1.29 is 13.2 Å². The molecule has 0 aliphatic rings. The summed E-state index contributed by atoms with van der Waals surface area (Å²) in [5, 5.41) is 0.145. The fourth-order valence-corrected chi connectivity index (χ4v) is 2.86. The van der Waals surface area contributed by atoms with Gasteiger partial charge in [0.25, 0.3) is 0 Å². The zero-order valence-electron chi connectivity index (χ0n) is 10.6. The Morgan fingerprint density at radius 3 is 2.56 bits per heavy atom. The molecule has 0 fully saturated rings. The molecule has 0 amide bonds. The first-order valence-corrected chi connectivity index (χ1v) is 7.21. The fraction of sp³-hybridized carbons (Fsp3) is 0.455. The molecule has 0 atom stereocenters. The van der Waals surface area contributed by atoms with Gasteiger partial charge in [-0.1, -0.05) is 11.6 Å². The zero-order chi connectivity index (χ0) is 13.8. The van der Waals surface area contributed by atoms with E-state index in [1.807, 2.05) is 19.0 Å². The van der Waals surface area contributed by atoms with E-state index in [2.05, 4.69) is 4.72 Å². The van der Waals surface area contributed by atoms with E-state index in [0.29, 0.717) is 18.8 Å². The fourth-order valence-electron chi connectivity index (χ4n) is 1.31. The summed E-state index contributed by atoms with van der Waals surface area (Å²) in [6.45, 7) is 0.949. The van der Waals surface area contributed by atoms with Crippen LogP contribution in [0.25, 0.3) is 0 Å². The van der Waals surface area contributed by atoms with Gasteiger partial charge < -0.3 is 9.64 Å². The maximum absolute atomic E-state index is 12.0. The Morgan fingerprint density at radius 1 is 1.39 bits per heavy atom. The van der Waals surface area contributed by atoms with Gasteiger partial charge in [0.05, 0.1) is 12.1 Å². The number of ether oxygens (including phenoxy) is 1. The predicted molar refractivity (Wildman–Crippen MR) is 71.7 cm³/mol. The lowest BCUT2D eigenvalue weighted by atomic mass is 10.3. The molecular weight excluding hydrogens is 276 g/mol. The summed E-state index contributed by atoms with van der Waals surface area (Å²) >= 11 is 5.92. The monoisotopic (exact) mass is 292 g/mol. The second-order valence-corrected chi connectivity index (χ2v) is 6.14. The van der Waals surface area contributed by atoms with Gasteiger partial charge in [0.15, 0.2) is 0 Å². The van der Waals surface area contributed by atoms with Gasteiger partial charge >= 0.3 is 0 Å². The van der Waals surface area contributed by atoms with Gasteiger partial charge in [-0.3, -0.25) is 0 Å². The van der Waals surface area contributed by atoms with Crippen molar-refractivity contribution in [2.75, 3.05) is 34.3 Å². The normalized spacial score (nSPS) is 11.8. The molecule has 0 unspecified atom stereocenters. The third-order valence-electron chi connectivity index (χ3n) is 2.28. The van der Waals surface area contributed by atoms with Gasteiger partial charge in [-0.25, -0.2) is 13.1 Å². The molecule has 0 heterocycles. The highest BCUT2D eigenvalue weighted by atomic mass is 35.5. The number of likely N-dealkylation sites (N-methyl/N-ethyl adjacent to an activating group) is 1. The van der Waals surface area contributed by atoms with Crippen molar-refractivity contribution in [3.63, 3.8) is 0 Å². The molecule has 18 heavy (non-hydrogen) atoms. The van der Waals surface area contributed by atoms with Crippen LogP contribution in [0.5, 0.6) is 5.75 Å². The number of nitrogens with zero attached hydrogens (tertiary/aromatic N) is 1. The average molecular weight is 293 g/mol. The minimum atomic E-state index is -3.58. The molecule has 0 aromatic heterocycles. The summed E-state index contributed by atoms with van der Waals surface area (Å²) in [6.07, 6.45) is 0. The predicted octanol–water partition coefficient (Wildman–Crippen LogP) is 1.19. The molecule has 0 bridgehead atoms. The second kappa shape index (κ2) is 6.38. The van der Waals surface area contributed by atoms with Gasteiger partial charge in [-0.2, -0.15) is 0 Å². The van der Waals surface area contributed by atoms with Crippen LogP contribution in [0.2, 0.25) is 5.02 Å². The highest BCUT2D eigenvalue weighted by Crippen LogP contribution is 2.25. The highest BCUT2D eigenvalue weighted by Gasteiger charge is 2.17. The number of hydrogen-bond donors (Lipinski definition) is 1. The van der Waals surface area contributed by atoms with Crippen LogP contribution in [-0.4, -0.2) is 47.6 Å². The lowest BCUT2D eigenvalue weighted by Gasteiger charge is -2.12. The molecule has 102 valence electrons. The molecule has 0 saturated heterocycles. The number of nitrogens with one attached hydrogen (secondary N) is 1. The van der Waals surface area contributed by atoms with Crippen molar-refractivity contribution >= 4 is 21.6 Å². The number of halogens is 1. The topological polar surface area (TPSA) is 58.6 Å². The molecule has 1 aromatic carbocycles. The Labute approximate surface area is 113 Å². The van der Waals surface area contributed by atoms with Crippen molar-refractivity contribution in [2.24, 2.45) is 0 Å². The minimum Gasteiger partial charge on any atom is -0.497 e. The molecule has 0 spiro atoms. The van der Waals surface area contributed by atoms with Crippen LogP contribution in [0, 0.1) is 0 Å². The first-order chi connectivity index (χ1) is 8.36. The largest absolute Gasteiger partial charge is 0.497 e. The Hall–Kier alpha value is -0.820. The summed E-state index contributed by atoms with van der Waals surface area (Å²) in [6, 6.07) is 4.47. The standard InChI is InChI=1S/C11H17ClN2O3S/c1-14(2)7-6-13-18(15,16)11-5-4-9(17-3)8-10(11)12/h4-5,8,13H,6-7H2,1-3H3. The van der Waals surface area contributed by atoms with Crippen molar-refractivity contribution in [3.8, 4) is 5.75 Å². The van der Waals surface area contributed by atoms with E-state index in [1.54, 1.807) is 6.07 Å². The van der Waals surface area contributed by atoms with Crippen LogP contribution in [0.4, 0.5) is 0 Å². The number of sulfonamides is 1. The molecule has 1 N–H and O–H groups in total. The van der Waals surface area contributed by atoms with Crippen LogP contribution in [0.15, 0.2) is 23.1 Å². The Bertz CT molecular complexity index is 503. The molecule has 0 aliphatic heterocycles. The summed E-state index contributed by atoms with van der Waals surface area (Å²) in [5.41, 5.74) is 0. The van der Waals surface area contributed by atoms with E-state index >= 15 is 0 Å². The van der Waals surface area contributed by atoms with Crippen LogP contribution in [-0.2, 0) is 10.0 Å². The van der Waals surface area contributed by atoms with Crippen LogP contribution < -0.4 is 9.46 Å². The van der Waals surface area contributed by atoms with Crippen LogP contribution in [0.3, 0.4) is 0 Å². The van der Waals surface area contributed by atoms with E-state index in [-0.39, 0.29) is 9.92 Å². The number of rotatable bonds is 6. The van der Waals surface area contributed by atoms with Gasteiger partial charge in [0.1, 0.15) is 10.6 Å². The van der Waals surface area contributed by atoms with Crippen molar-refractivity contribution in [2.45, 2.75) is 4.90 Å². The second-order valence-electron chi connectivity index (χ2n) is 4.00. The Kier molecular flexibility index (Phi) is 5.40. The van der Waals surface area contributed by atoms with Crippen molar-refractivity contribution in [3.05, 3.63) is 23.2 Å². The van der Waals surface area contributed by atoms with Gasteiger partial charge in [-0.05, 0) is 26.2 Å². The lowest BCUT2D eigenvalue weighted by Crippen LogP contribution is -2.31. The zero-order valence-corrected chi connectivity index (χ0v) is 12.2. The number of benzene rings is 1. The molecule has 0 radical (unpaired) electrons. The quantitative estimate of drug-likeness (QED) is 0.856. The minimum absolute atomic E-state index is 0.0590. The summed E-state index contributed by atoms with van der Waals surface area (Å²) < 4.78 is 31.4. The maximum Gasteiger partial charge on any atom is 0.242 e. The van der Waals surface area contributed by atoms with Gasteiger partial charge in [-0.15, -0.1) is 0 Å². The van der Waals surface area contributed by atoms with Crippen LogP contribution >= 0.6 is 11.6 Å². The molecule has 0 saturated carbocycles. The molecule has 1 aromatic rings. The van der Waals surface area contributed by atoms with E-state index in [4.69, 9.17) is 16.3 Å². The number of hydrogen-bond acceptors (Lipinski definition) is 4. The van der Waals surface area contributed by atoms with Crippen molar-refractivity contribution in [1.29, 1.82) is 0 Å². The third kappa shape index (κ3) is 4.13. The lowest BCUT2D eigenvalue weighted by molar-refractivity contribution is 0.412.